The first-order valence-corrected chi connectivity index (χ1v) is 8.58. The maximum atomic E-state index is 13.0. The summed E-state index contributed by atoms with van der Waals surface area (Å²) in [7, 11) is 1.75. The van der Waals surface area contributed by atoms with Gasteiger partial charge >= 0.3 is 6.03 Å². The third-order valence-electron chi connectivity index (χ3n) is 4.76. The van der Waals surface area contributed by atoms with Crippen molar-refractivity contribution in [1.82, 2.24) is 10.4 Å². The number of allylic oxidation sites excluding steroid dienone is 1. The van der Waals surface area contributed by atoms with Gasteiger partial charge in [0.2, 0.25) is 0 Å². The molecular weight excluding hydrogens is 334 g/mol. The molecule has 1 aliphatic heterocycles. The van der Waals surface area contributed by atoms with Crippen LogP contribution in [0.5, 0.6) is 0 Å². The summed E-state index contributed by atoms with van der Waals surface area (Å²) in [5.74, 6) is -0.330. The number of fused-ring (bicyclic) bond motifs is 1. The van der Waals surface area contributed by atoms with Gasteiger partial charge in [-0.3, -0.25) is 14.9 Å². The minimum absolute atomic E-state index is 0.107. The average Bonchev–Trinajstić information content (AvgIpc) is 2.85. The summed E-state index contributed by atoms with van der Waals surface area (Å²) in [5, 5.41) is 8.82. The summed E-state index contributed by atoms with van der Waals surface area (Å²) in [6.45, 7) is 2.69. The normalized spacial score (nSPS) is 22.2. The van der Waals surface area contributed by atoms with Gasteiger partial charge in [0, 0.05) is 18.3 Å². The minimum Gasteiger partial charge on any atom is -0.491 e. The number of hydrogen-bond donors (Lipinski definition) is 2. The summed E-state index contributed by atoms with van der Waals surface area (Å²) >= 11 is 0. The largest absolute Gasteiger partial charge is 0.491 e. The maximum absolute atomic E-state index is 13.0. The average molecular weight is 357 g/mol. The van der Waals surface area contributed by atoms with Gasteiger partial charge in [-0.1, -0.05) is 24.3 Å². The summed E-state index contributed by atoms with van der Waals surface area (Å²) in [4.78, 5) is 28.0. The van der Waals surface area contributed by atoms with Crippen molar-refractivity contribution in [3.8, 4) is 0 Å². The van der Waals surface area contributed by atoms with E-state index in [0.717, 1.165) is 11.3 Å². The van der Waals surface area contributed by atoms with Crippen LogP contribution in [0.4, 0.5) is 10.5 Å². The molecule has 1 aromatic rings. The Balaban J connectivity index is 1.79. The maximum Gasteiger partial charge on any atom is 0.324 e. The van der Waals surface area contributed by atoms with Crippen molar-refractivity contribution in [3.63, 3.8) is 0 Å². The van der Waals surface area contributed by atoms with Gasteiger partial charge < -0.3 is 9.64 Å². The Bertz CT molecular complexity index is 744. The molecular formula is C19H23N3O4. The van der Waals surface area contributed by atoms with E-state index < -0.39 is 11.8 Å². The number of amides is 3. The van der Waals surface area contributed by atoms with Crippen LogP contribution >= 0.6 is 0 Å². The highest BCUT2D eigenvalue weighted by Crippen LogP contribution is 2.29. The minimum atomic E-state index is -0.469. The first kappa shape index (κ1) is 18.0. The standard InChI is InChI=1S/C19H23N3O4/c1-13-12-26-17-10-14(18(23)20-25)8-9-15(17)11-22(13)19(24)21(2)16-6-4-3-5-7-16/h3-7,9-10,13-14,25H,8,11-12H2,1-2H3,(H,20,23)/t13-,14?/m0/s1. The molecule has 7 nitrogen and oxygen atoms in total. The van der Waals surface area contributed by atoms with E-state index in [1.54, 1.807) is 28.4 Å². The summed E-state index contributed by atoms with van der Waals surface area (Å²) in [6.07, 6.45) is 4.07. The lowest BCUT2D eigenvalue weighted by Gasteiger charge is -2.31. The molecule has 1 heterocycles. The van der Waals surface area contributed by atoms with E-state index in [-0.39, 0.29) is 12.1 Å². The van der Waals surface area contributed by atoms with Crippen LogP contribution < -0.4 is 10.4 Å². The molecule has 1 saturated heterocycles. The topological polar surface area (TPSA) is 82.1 Å². The van der Waals surface area contributed by atoms with Crippen molar-refractivity contribution in [2.24, 2.45) is 5.92 Å². The van der Waals surface area contributed by atoms with Gasteiger partial charge in [0.1, 0.15) is 12.4 Å². The van der Waals surface area contributed by atoms with Crippen LogP contribution in [0.15, 0.2) is 53.8 Å². The number of hydrogen-bond acceptors (Lipinski definition) is 4. The molecule has 3 amide bonds. The number of para-hydroxylation sites is 1. The van der Waals surface area contributed by atoms with Crippen molar-refractivity contribution < 1.29 is 19.5 Å². The lowest BCUT2D eigenvalue weighted by Crippen LogP contribution is -2.47. The summed E-state index contributed by atoms with van der Waals surface area (Å²) < 4.78 is 5.83. The molecule has 0 aromatic heterocycles. The Morgan fingerprint density at radius 2 is 2.04 bits per heavy atom. The number of nitrogens with one attached hydrogen (secondary N) is 1. The number of carbonyl (C=O) groups is 2. The first-order valence-electron chi connectivity index (χ1n) is 8.58. The van der Waals surface area contributed by atoms with Crippen LogP contribution in [-0.4, -0.2) is 48.3 Å². The van der Waals surface area contributed by atoms with Gasteiger partial charge in [-0.15, -0.1) is 0 Å². The summed E-state index contributed by atoms with van der Waals surface area (Å²) in [6, 6.07) is 9.25. The van der Waals surface area contributed by atoms with E-state index in [0.29, 0.717) is 25.3 Å². The molecule has 2 N–H and O–H groups in total. The molecule has 2 atom stereocenters. The Kier molecular flexibility index (Phi) is 5.27. The number of hydroxylamine groups is 1. The molecule has 1 aliphatic carbocycles. The highest BCUT2D eigenvalue weighted by Gasteiger charge is 2.32. The van der Waals surface area contributed by atoms with Crippen molar-refractivity contribution in [3.05, 3.63) is 53.8 Å². The monoisotopic (exact) mass is 357 g/mol. The number of nitrogens with zero attached hydrogens (tertiary/aromatic N) is 2. The lowest BCUT2D eigenvalue weighted by atomic mass is 9.94. The molecule has 7 heteroatoms. The van der Waals surface area contributed by atoms with Gasteiger partial charge in [-0.05, 0) is 31.6 Å². The molecule has 3 rings (SSSR count). The molecule has 2 aliphatic rings. The molecule has 0 saturated carbocycles. The van der Waals surface area contributed by atoms with Crippen LogP contribution in [0.2, 0.25) is 0 Å². The van der Waals surface area contributed by atoms with E-state index in [1.165, 1.54) is 0 Å². The van der Waals surface area contributed by atoms with E-state index in [1.807, 2.05) is 43.3 Å². The van der Waals surface area contributed by atoms with Crippen LogP contribution in [0.25, 0.3) is 0 Å². The van der Waals surface area contributed by atoms with Gasteiger partial charge in [-0.2, -0.15) is 0 Å². The highest BCUT2D eigenvalue weighted by molar-refractivity contribution is 5.92. The molecule has 0 spiro atoms. The number of ether oxygens (including phenoxy) is 1. The van der Waals surface area contributed by atoms with E-state index in [4.69, 9.17) is 9.94 Å². The second kappa shape index (κ2) is 7.61. The van der Waals surface area contributed by atoms with Crippen molar-refractivity contribution in [2.75, 3.05) is 25.1 Å². The van der Waals surface area contributed by atoms with Crippen molar-refractivity contribution in [2.45, 2.75) is 19.4 Å². The number of benzene rings is 1. The third kappa shape index (κ3) is 3.57. The van der Waals surface area contributed by atoms with Crippen LogP contribution in [0.1, 0.15) is 13.3 Å². The second-order valence-electron chi connectivity index (χ2n) is 6.54. The fourth-order valence-corrected chi connectivity index (χ4v) is 3.13. The Morgan fingerprint density at radius 3 is 2.73 bits per heavy atom. The predicted octanol–water partition coefficient (Wildman–Crippen LogP) is 2.30. The molecule has 0 radical (unpaired) electrons. The predicted molar refractivity (Wildman–Crippen MR) is 96.6 cm³/mol. The number of rotatable bonds is 2. The van der Waals surface area contributed by atoms with Gasteiger partial charge in [0.15, 0.2) is 0 Å². The van der Waals surface area contributed by atoms with Crippen molar-refractivity contribution >= 4 is 17.6 Å². The molecule has 1 unspecified atom stereocenters. The SMILES string of the molecule is C[C@H]1COC2=CC(C(=O)NO)CC=C2CN1C(=O)N(C)c1ccccc1. The number of carbonyl (C=O) groups excluding carboxylic acids is 2. The first-order chi connectivity index (χ1) is 12.5. The second-order valence-corrected chi connectivity index (χ2v) is 6.54. The van der Waals surface area contributed by atoms with E-state index in [9.17, 15) is 9.59 Å². The van der Waals surface area contributed by atoms with E-state index in [2.05, 4.69) is 0 Å². The summed E-state index contributed by atoms with van der Waals surface area (Å²) in [5.41, 5.74) is 3.38. The van der Waals surface area contributed by atoms with Gasteiger partial charge in [-0.25, -0.2) is 10.3 Å². The quantitative estimate of drug-likeness (QED) is 0.629. The lowest BCUT2D eigenvalue weighted by molar-refractivity contribution is -0.131. The van der Waals surface area contributed by atoms with Gasteiger partial charge in [0.05, 0.1) is 18.5 Å². The molecule has 1 fully saturated rings. The van der Waals surface area contributed by atoms with Crippen LogP contribution in [0.3, 0.4) is 0 Å². The smallest absolute Gasteiger partial charge is 0.324 e. The zero-order valence-corrected chi connectivity index (χ0v) is 14.9. The third-order valence-corrected chi connectivity index (χ3v) is 4.76. The van der Waals surface area contributed by atoms with Gasteiger partial charge in [0.25, 0.3) is 5.91 Å². The fourth-order valence-electron chi connectivity index (χ4n) is 3.13. The van der Waals surface area contributed by atoms with E-state index >= 15 is 0 Å². The molecule has 1 aromatic carbocycles. The fraction of sp³-hybridized carbons (Fsp3) is 0.368. The van der Waals surface area contributed by atoms with Crippen LogP contribution in [-0.2, 0) is 9.53 Å². The Hall–Kier alpha value is -2.80. The number of anilines is 1. The van der Waals surface area contributed by atoms with Crippen molar-refractivity contribution in [1.29, 1.82) is 0 Å². The molecule has 26 heavy (non-hydrogen) atoms. The molecule has 0 bridgehead atoms. The Morgan fingerprint density at radius 1 is 1.31 bits per heavy atom. The Labute approximate surface area is 152 Å². The zero-order valence-electron chi connectivity index (χ0n) is 14.9. The number of urea groups is 1. The zero-order chi connectivity index (χ0) is 18.7. The highest BCUT2D eigenvalue weighted by atomic mass is 16.5. The van der Waals surface area contributed by atoms with Crippen LogP contribution in [0, 0.1) is 5.92 Å². The molecule has 138 valence electrons.